The smallest absolute Gasteiger partial charge is 0.109 e. The molecule has 0 radical (unpaired) electrons. The monoisotopic (exact) mass is 200 g/mol. The fourth-order valence-electron chi connectivity index (χ4n) is 2.40. The lowest BCUT2D eigenvalue weighted by Crippen LogP contribution is -2.27. The van der Waals surface area contributed by atoms with Gasteiger partial charge in [-0.25, -0.2) is 0 Å². The van der Waals surface area contributed by atoms with E-state index in [1.165, 1.54) is 5.56 Å². The first kappa shape index (κ1) is 8.89. The largest absolute Gasteiger partial charge is 0.386 e. The Hall–Kier alpha value is -1.38. The standard InChI is InChI=1S/C13H12O2/c14-11-6-5-9-7-8-3-1-2-4-10(8)12(9)13(11)15/h1-6,11,13-15H,7H2/t11-,13-/m1/s1. The van der Waals surface area contributed by atoms with Crippen molar-refractivity contribution < 1.29 is 10.2 Å². The predicted molar refractivity (Wildman–Crippen MR) is 58.2 cm³/mol. The van der Waals surface area contributed by atoms with Crippen molar-refractivity contribution in [2.24, 2.45) is 0 Å². The third-order valence-corrected chi connectivity index (χ3v) is 3.15. The summed E-state index contributed by atoms with van der Waals surface area (Å²) in [5.41, 5.74) is 4.36. The molecule has 1 aromatic rings. The molecule has 2 aliphatic carbocycles. The topological polar surface area (TPSA) is 40.5 Å². The van der Waals surface area contributed by atoms with Gasteiger partial charge in [-0.1, -0.05) is 36.4 Å². The normalized spacial score (nSPS) is 27.9. The molecule has 0 amide bonds. The van der Waals surface area contributed by atoms with E-state index in [2.05, 4.69) is 6.07 Å². The summed E-state index contributed by atoms with van der Waals surface area (Å²) in [6, 6.07) is 8.05. The van der Waals surface area contributed by atoms with Crippen LogP contribution in [0.25, 0.3) is 5.57 Å². The van der Waals surface area contributed by atoms with Crippen LogP contribution in [0.5, 0.6) is 0 Å². The quantitative estimate of drug-likeness (QED) is 0.662. The lowest BCUT2D eigenvalue weighted by atomic mass is 9.92. The van der Waals surface area contributed by atoms with E-state index < -0.39 is 12.2 Å². The van der Waals surface area contributed by atoms with Gasteiger partial charge >= 0.3 is 0 Å². The molecule has 0 bridgehead atoms. The molecule has 0 fully saturated rings. The highest BCUT2D eigenvalue weighted by Gasteiger charge is 2.31. The van der Waals surface area contributed by atoms with Gasteiger partial charge in [-0.15, -0.1) is 0 Å². The predicted octanol–water partition coefficient (Wildman–Crippen LogP) is 1.29. The summed E-state index contributed by atoms with van der Waals surface area (Å²) >= 11 is 0. The molecule has 0 aliphatic heterocycles. The molecular weight excluding hydrogens is 188 g/mol. The van der Waals surface area contributed by atoms with Crippen LogP contribution in [0.3, 0.4) is 0 Å². The zero-order chi connectivity index (χ0) is 10.4. The van der Waals surface area contributed by atoms with Gasteiger partial charge in [0.1, 0.15) is 12.2 Å². The molecule has 1 aromatic carbocycles. The molecule has 0 unspecified atom stereocenters. The van der Waals surface area contributed by atoms with Crippen LogP contribution in [-0.2, 0) is 6.42 Å². The van der Waals surface area contributed by atoms with Crippen molar-refractivity contribution in [1.82, 2.24) is 0 Å². The van der Waals surface area contributed by atoms with Gasteiger partial charge < -0.3 is 10.2 Å². The van der Waals surface area contributed by atoms with E-state index >= 15 is 0 Å². The molecule has 0 heterocycles. The van der Waals surface area contributed by atoms with E-state index in [0.29, 0.717) is 0 Å². The first-order chi connectivity index (χ1) is 7.27. The number of aliphatic hydroxyl groups excluding tert-OH is 2. The highest BCUT2D eigenvalue weighted by atomic mass is 16.3. The molecule has 15 heavy (non-hydrogen) atoms. The fourth-order valence-corrected chi connectivity index (χ4v) is 2.40. The van der Waals surface area contributed by atoms with Crippen molar-refractivity contribution in [1.29, 1.82) is 0 Å². The van der Waals surface area contributed by atoms with Gasteiger partial charge in [0.25, 0.3) is 0 Å². The summed E-state index contributed by atoms with van der Waals surface area (Å²) in [7, 11) is 0. The molecule has 3 rings (SSSR count). The first-order valence-electron chi connectivity index (χ1n) is 5.13. The van der Waals surface area contributed by atoms with Crippen LogP contribution in [0.2, 0.25) is 0 Å². The second-order valence-electron chi connectivity index (χ2n) is 4.07. The molecule has 2 nitrogen and oxygen atoms in total. The summed E-state index contributed by atoms with van der Waals surface area (Å²) in [5.74, 6) is 0. The van der Waals surface area contributed by atoms with Crippen molar-refractivity contribution in [2.45, 2.75) is 18.6 Å². The van der Waals surface area contributed by atoms with Crippen LogP contribution in [0.4, 0.5) is 0 Å². The van der Waals surface area contributed by atoms with Crippen LogP contribution in [0.1, 0.15) is 11.1 Å². The number of rotatable bonds is 0. The van der Waals surface area contributed by atoms with E-state index in [9.17, 15) is 10.2 Å². The van der Waals surface area contributed by atoms with E-state index in [4.69, 9.17) is 0 Å². The Labute approximate surface area is 88.2 Å². The molecule has 2 aliphatic rings. The zero-order valence-electron chi connectivity index (χ0n) is 8.22. The Morgan fingerprint density at radius 2 is 1.93 bits per heavy atom. The Balaban J connectivity index is 2.16. The van der Waals surface area contributed by atoms with Crippen LogP contribution < -0.4 is 0 Å². The highest BCUT2D eigenvalue weighted by Crippen LogP contribution is 2.38. The summed E-state index contributed by atoms with van der Waals surface area (Å²) in [6.07, 6.45) is 2.91. The molecular formula is C13H12O2. The second kappa shape index (κ2) is 3.05. The second-order valence-corrected chi connectivity index (χ2v) is 4.07. The van der Waals surface area contributed by atoms with Crippen LogP contribution >= 0.6 is 0 Å². The van der Waals surface area contributed by atoms with Gasteiger partial charge in [0, 0.05) is 0 Å². The number of hydrogen-bond acceptors (Lipinski definition) is 2. The molecule has 0 spiro atoms. The third kappa shape index (κ3) is 1.19. The van der Waals surface area contributed by atoms with E-state index in [1.54, 1.807) is 6.08 Å². The van der Waals surface area contributed by atoms with E-state index in [0.717, 1.165) is 23.1 Å². The van der Waals surface area contributed by atoms with Gasteiger partial charge in [-0.05, 0) is 28.7 Å². The number of fused-ring (bicyclic) bond motifs is 2. The minimum atomic E-state index is -0.770. The van der Waals surface area contributed by atoms with Crippen LogP contribution in [0, 0.1) is 0 Å². The Morgan fingerprint density at radius 3 is 2.80 bits per heavy atom. The summed E-state index contributed by atoms with van der Waals surface area (Å²) in [5, 5.41) is 19.5. The van der Waals surface area contributed by atoms with Crippen molar-refractivity contribution >= 4 is 5.57 Å². The Bertz CT molecular complexity index is 471. The van der Waals surface area contributed by atoms with Gasteiger partial charge in [0.05, 0.1) is 0 Å². The molecule has 2 atom stereocenters. The van der Waals surface area contributed by atoms with Gasteiger partial charge in [-0.2, -0.15) is 0 Å². The Morgan fingerprint density at radius 1 is 1.13 bits per heavy atom. The first-order valence-corrected chi connectivity index (χ1v) is 5.13. The summed E-state index contributed by atoms with van der Waals surface area (Å²) in [4.78, 5) is 0. The van der Waals surface area contributed by atoms with Crippen molar-refractivity contribution in [3.8, 4) is 0 Å². The SMILES string of the molecule is O[C@@H]1C=CC2=C(c3ccccc3C2)[C@@H]1O. The summed E-state index contributed by atoms with van der Waals surface area (Å²) < 4.78 is 0. The number of allylic oxidation sites excluding steroid dienone is 2. The minimum Gasteiger partial charge on any atom is -0.386 e. The molecule has 0 saturated carbocycles. The Kier molecular flexibility index (Phi) is 1.81. The lowest BCUT2D eigenvalue weighted by Gasteiger charge is -2.21. The fraction of sp³-hybridized carbons (Fsp3) is 0.231. The number of benzene rings is 1. The third-order valence-electron chi connectivity index (χ3n) is 3.15. The zero-order valence-corrected chi connectivity index (χ0v) is 8.22. The van der Waals surface area contributed by atoms with Gasteiger partial charge in [0.15, 0.2) is 0 Å². The summed E-state index contributed by atoms with van der Waals surface area (Å²) in [6.45, 7) is 0. The van der Waals surface area contributed by atoms with E-state index in [-0.39, 0.29) is 0 Å². The van der Waals surface area contributed by atoms with Crippen molar-refractivity contribution in [3.05, 3.63) is 53.1 Å². The number of aliphatic hydroxyl groups is 2. The molecule has 76 valence electrons. The van der Waals surface area contributed by atoms with E-state index in [1.807, 2.05) is 24.3 Å². The maximum Gasteiger partial charge on any atom is 0.109 e. The highest BCUT2D eigenvalue weighted by molar-refractivity contribution is 5.82. The van der Waals surface area contributed by atoms with Crippen LogP contribution in [-0.4, -0.2) is 22.4 Å². The number of hydrogen-bond donors (Lipinski definition) is 2. The average Bonchev–Trinajstić information content (AvgIpc) is 2.62. The molecule has 0 saturated heterocycles. The van der Waals surface area contributed by atoms with Crippen molar-refractivity contribution in [2.75, 3.05) is 0 Å². The van der Waals surface area contributed by atoms with Crippen LogP contribution in [0.15, 0.2) is 42.0 Å². The van der Waals surface area contributed by atoms with Crippen molar-refractivity contribution in [3.63, 3.8) is 0 Å². The average molecular weight is 200 g/mol. The van der Waals surface area contributed by atoms with Gasteiger partial charge in [-0.3, -0.25) is 0 Å². The maximum absolute atomic E-state index is 9.94. The maximum atomic E-state index is 9.94. The molecule has 0 aromatic heterocycles. The lowest BCUT2D eigenvalue weighted by molar-refractivity contribution is 0.0856. The minimum absolute atomic E-state index is 0.769. The van der Waals surface area contributed by atoms with Gasteiger partial charge in [0.2, 0.25) is 0 Å². The molecule has 2 heteroatoms. The molecule has 2 N–H and O–H groups in total.